The number of nitrogens with one attached hydrogen (secondary N) is 1. The van der Waals surface area contributed by atoms with E-state index in [1.165, 1.54) is 11.3 Å². The number of amides is 1. The predicted molar refractivity (Wildman–Crippen MR) is 105 cm³/mol. The first kappa shape index (κ1) is 18.1. The monoisotopic (exact) mass is 376 g/mol. The highest BCUT2D eigenvalue weighted by molar-refractivity contribution is 7.20. The van der Waals surface area contributed by atoms with Gasteiger partial charge in [-0.2, -0.15) is 5.10 Å². The molecule has 134 valence electrons. The van der Waals surface area contributed by atoms with E-state index in [9.17, 15) is 4.79 Å². The first-order valence-electron chi connectivity index (χ1n) is 8.48. The van der Waals surface area contributed by atoms with Crippen LogP contribution in [0.15, 0.2) is 6.07 Å². The summed E-state index contributed by atoms with van der Waals surface area (Å²) < 4.78 is 2.02. The smallest absolute Gasteiger partial charge is 0.261 e. The van der Waals surface area contributed by atoms with E-state index in [4.69, 9.17) is 0 Å². The molecule has 0 aliphatic rings. The molecule has 5 nitrogen and oxygen atoms in total. The van der Waals surface area contributed by atoms with Crippen molar-refractivity contribution in [2.75, 3.05) is 0 Å². The first-order valence-corrected chi connectivity index (χ1v) is 10.1. The topological polar surface area (TPSA) is 59.8 Å². The fourth-order valence-corrected chi connectivity index (χ4v) is 4.98. The minimum Gasteiger partial charge on any atom is -0.344 e. The molecule has 1 N–H and O–H groups in total. The van der Waals surface area contributed by atoms with Crippen LogP contribution in [0.25, 0.3) is 10.2 Å². The molecule has 7 heteroatoms. The average molecular weight is 377 g/mol. The molecule has 0 aliphatic heterocycles. The minimum absolute atomic E-state index is 0.0327. The lowest BCUT2D eigenvalue weighted by Crippen LogP contribution is -2.25. The van der Waals surface area contributed by atoms with E-state index >= 15 is 0 Å². The number of fused-ring (bicyclic) bond motifs is 1. The summed E-state index contributed by atoms with van der Waals surface area (Å²) >= 11 is 3.16. The van der Waals surface area contributed by atoms with E-state index in [2.05, 4.69) is 29.2 Å². The zero-order valence-electron chi connectivity index (χ0n) is 15.5. The molecule has 1 atom stereocenters. The molecule has 0 bridgehead atoms. The second-order valence-corrected chi connectivity index (χ2v) is 9.13. The molecule has 25 heavy (non-hydrogen) atoms. The van der Waals surface area contributed by atoms with Crippen molar-refractivity contribution in [1.82, 2.24) is 20.1 Å². The maximum absolute atomic E-state index is 12.7. The van der Waals surface area contributed by atoms with Gasteiger partial charge in [0.05, 0.1) is 27.3 Å². The molecule has 0 aromatic carbocycles. The van der Waals surface area contributed by atoms with Gasteiger partial charge in [0.1, 0.15) is 4.83 Å². The van der Waals surface area contributed by atoms with Gasteiger partial charge in [-0.15, -0.1) is 22.7 Å². The Morgan fingerprint density at radius 1 is 1.20 bits per heavy atom. The van der Waals surface area contributed by atoms with Crippen molar-refractivity contribution in [2.24, 2.45) is 5.92 Å². The Labute approximate surface area is 156 Å². The molecule has 3 heterocycles. The number of hydrogen-bond acceptors (Lipinski definition) is 5. The molecule has 1 amide bonds. The average Bonchev–Trinajstić information content (AvgIpc) is 3.15. The van der Waals surface area contributed by atoms with Crippen LogP contribution in [0.3, 0.4) is 0 Å². The molecule has 0 spiro atoms. The zero-order chi connectivity index (χ0) is 18.3. The zero-order valence-corrected chi connectivity index (χ0v) is 17.1. The highest BCUT2D eigenvalue weighted by atomic mass is 32.1. The number of aromatic nitrogens is 3. The fourth-order valence-electron chi connectivity index (χ4n) is 2.98. The first-order chi connectivity index (χ1) is 11.8. The third-order valence-electron chi connectivity index (χ3n) is 4.05. The Balaban J connectivity index is 1.83. The van der Waals surface area contributed by atoms with Crippen LogP contribution in [-0.4, -0.2) is 20.7 Å². The molecular weight excluding hydrogens is 352 g/mol. The minimum atomic E-state index is -0.0443. The Morgan fingerprint density at radius 2 is 1.92 bits per heavy atom. The van der Waals surface area contributed by atoms with E-state index in [1.807, 2.05) is 38.4 Å². The van der Waals surface area contributed by atoms with Gasteiger partial charge in [-0.25, -0.2) is 4.98 Å². The summed E-state index contributed by atoms with van der Waals surface area (Å²) in [6.45, 7) is 13.2. The van der Waals surface area contributed by atoms with Gasteiger partial charge < -0.3 is 5.32 Å². The van der Waals surface area contributed by atoms with Crippen molar-refractivity contribution in [2.45, 2.75) is 54.1 Å². The van der Waals surface area contributed by atoms with Crippen LogP contribution in [0.5, 0.6) is 0 Å². The summed E-state index contributed by atoms with van der Waals surface area (Å²) in [6, 6.07) is 1.92. The lowest BCUT2D eigenvalue weighted by molar-refractivity contribution is 0.0944. The van der Waals surface area contributed by atoms with Gasteiger partial charge in [-0.1, -0.05) is 13.8 Å². The number of nitrogens with zero attached hydrogens (tertiary/aromatic N) is 3. The van der Waals surface area contributed by atoms with Gasteiger partial charge in [0.25, 0.3) is 5.91 Å². The van der Waals surface area contributed by atoms with Gasteiger partial charge in [0.15, 0.2) is 0 Å². The SMILES string of the molecule is Cc1nc(C)c([C@H](C)NC(=O)c2cc3c(C)nn(CC(C)C)c3s2)s1. The normalized spacial score (nSPS) is 12.9. The van der Waals surface area contributed by atoms with E-state index < -0.39 is 0 Å². The van der Waals surface area contributed by atoms with Crippen LogP contribution in [0, 0.1) is 26.7 Å². The summed E-state index contributed by atoms with van der Waals surface area (Å²) in [4.78, 5) is 20.1. The number of carbonyl (C=O) groups excluding carboxylic acids is 1. The van der Waals surface area contributed by atoms with E-state index in [-0.39, 0.29) is 11.9 Å². The molecule has 3 rings (SSSR count). The van der Waals surface area contributed by atoms with Gasteiger partial charge in [0, 0.05) is 16.8 Å². The van der Waals surface area contributed by atoms with E-state index in [0.717, 1.165) is 42.9 Å². The van der Waals surface area contributed by atoms with Gasteiger partial charge in [-0.3, -0.25) is 9.48 Å². The number of hydrogen-bond donors (Lipinski definition) is 1. The van der Waals surface area contributed by atoms with Crippen molar-refractivity contribution in [3.63, 3.8) is 0 Å². The van der Waals surface area contributed by atoms with Crippen LogP contribution in [-0.2, 0) is 6.54 Å². The molecule has 0 saturated carbocycles. The number of thiazole rings is 1. The summed E-state index contributed by atoms with van der Waals surface area (Å²) in [6.07, 6.45) is 0. The molecule has 3 aromatic heterocycles. The lowest BCUT2D eigenvalue weighted by atomic mass is 10.2. The van der Waals surface area contributed by atoms with Crippen molar-refractivity contribution in [3.8, 4) is 0 Å². The van der Waals surface area contributed by atoms with Crippen molar-refractivity contribution < 1.29 is 4.79 Å². The van der Waals surface area contributed by atoms with Crippen LogP contribution in [0.2, 0.25) is 0 Å². The Kier molecular flexibility index (Phi) is 4.97. The van der Waals surface area contributed by atoms with E-state index in [0.29, 0.717) is 5.92 Å². The molecule has 0 radical (unpaired) electrons. The number of aryl methyl sites for hydroxylation is 3. The number of carbonyl (C=O) groups is 1. The van der Waals surface area contributed by atoms with Crippen LogP contribution in [0.1, 0.15) is 57.8 Å². The van der Waals surface area contributed by atoms with Crippen molar-refractivity contribution >= 4 is 38.8 Å². The molecule has 0 unspecified atom stereocenters. The van der Waals surface area contributed by atoms with Gasteiger partial charge >= 0.3 is 0 Å². The quantitative estimate of drug-likeness (QED) is 0.706. The third kappa shape index (κ3) is 3.62. The second kappa shape index (κ2) is 6.88. The fraction of sp³-hybridized carbons (Fsp3) is 0.500. The highest BCUT2D eigenvalue weighted by Crippen LogP contribution is 2.30. The standard InChI is InChI=1S/C18H24N4OS2/c1-9(2)8-22-18-14(10(3)21-22)7-15(25-18)17(23)20-12(5)16-11(4)19-13(6)24-16/h7,9,12H,8H2,1-6H3,(H,20,23)/t12-/m0/s1. The largest absolute Gasteiger partial charge is 0.344 e. The predicted octanol–water partition coefficient (Wildman–Crippen LogP) is 4.63. The second-order valence-electron chi connectivity index (χ2n) is 6.87. The Morgan fingerprint density at radius 3 is 2.52 bits per heavy atom. The van der Waals surface area contributed by atoms with Crippen LogP contribution < -0.4 is 5.32 Å². The maximum Gasteiger partial charge on any atom is 0.261 e. The number of thiophene rings is 1. The Bertz CT molecular complexity index is 919. The lowest BCUT2D eigenvalue weighted by Gasteiger charge is -2.12. The molecule has 0 saturated heterocycles. The summed E-state index contributed by atoms with van der Waals surface area (Å²) in [5.74, 6) is 0.481. The van der Waals surface area contributed by atoms with Gasteiger partial charge in [0.2, 0.25) is 0 Å². The molecule has 0 aliphatic carbocycles. The summed E-state index contributed by atoms with van der Waals surface area (Å²) in [5.41, 5.74) is 1.97. The molecule has 0 fully saturated rings. The van der Waals surface area contributed by atoms with Gasteiger partial charge in [-0.05, 0) is 39.7 Å². The highest BCUT2D eigenvalue weighted by Gasteiger charge is 2.20. The van der Waals surface area contributed by atoms with Crippen LogP contribution in [0.4, 0.5) is 0 Å². The van der Waals surface area contributed by atoms with Crippen molar-refractivity contribution in [1.29, 1.82) is 0 Å². The summed E-state index contributed by atoms with van der Waals surface area (Å²) in [5, 5.41) is 9.82. The molecule has 3 aromatic rings. The number of rotatable bonds is 5. The van der Waals surface area contributed by atoms with E-state index in [1.54, 1.807) is 11.3 Å². The van der Waals surface area contributed by atoms with Crippen LogP contribution >= 0.6 is 22.7 Å². The maximum atomic E-state index is 12.7. The third-order valence-corrected chi connectivity index (χ3v) is 6.45. The van der Waals surface area contributed by atoms with Crippen molar-refractivity contribution in [3.05, 3.63) is 32.2 Å². The summed E-state index contributed by atoms with van der Waals surface area (Å²) in [7, 11) is 0. The Hall–Kier alpha value is -1.73. The molecular formula is C18H24N4OS2.